The fraction of sp³-hybridized carbons (Fsp3) is 0.273. The molecule has 2 heterocycles. The standard InChI is InChI=1S/C22H21NO5/c1-26-17-7-8-18-16(10-21(24)28-20(18)11-17)13-23-12-15-6-4-3-5-14(15)9-19(23)22(25)27-2/h3-8,10-11,19H,9,12-13H2,1-2H3/p+1/t19-/m0/s1. The minimum absolute atomic E-state index is 0.238. The molecular formula is C22H22NO5+. The van der Waals surface area contributed by atoms with Crippen LogP contribution in [0.5, 0.6) is 5.75 Å². The van der Waals surface area contributed by atoms with Crippen LogP contribution in [0.3, 0.4) is 0 Å². The van der Waals surface area contributed by atoms with Crippen LogP contribution in [0.4, 0.5) is 0 Å². The molecule has 6 nitrogen and oxygen atoms in total. The molecule has 0 fully saturated rings. The number of carbonyl (C=O) groups excluding carboxylic acids is 1. The molecule has 1 unspecified atom stereocenters. The average Bonchev–Trinajstić information content (AvgIpc) is 2.72. The summed E-state index contributed by atoms with van der Waals surface area (Å²) in [4.78, 5) is 25.6. The molecule has 144 valence electrons. The predicted octanol–water partition coefficient (Wildman–Crippen LogP) is 1.48. The topological polar surface area (TPSA) is 70.2 Å². The Bertz CT molecular complexity index is 1090. The zero-order valence-electron chi connectivity index (χ0n) is 15.9. The molecule has 1 aliphatic heterocycles. The second-order valence-corrected chi connectivity index (χ2v) is 7.01. The smallest absolute Gasteiger partial charge is 0.365 e. The molecule has 1 N–H and O–H groups in total. The first kappa shape index (κ1) is 18.3. The fourth-order valence-corrected chi connectivity index (χ4v) is 3.97. The molecule has 0 saturated heterocycles. The number of esters is 1. The highest BCUT2D eigenvalue weighted by Gasteiger charge is 2.36. The second-order valence-electron chi connectivity index (χ2n) is 7.01. The van der Waals surface area contributed by atoms with Gasteiger partial charge >= 0.3 is 11.6 Å². The molecule has 0 radical (unpaired) electrons. The highest BCUT2D eigenvalue weighted by molar-refractivity contribution is 5.81. The van der Waals surface area contributed by atoms with E-state index >= 15 is 0 Å². The summed E-state index contributed by atoms with van der Waals surface area (Å²) in [6, 6.07) is 14.8. The number of methoxy groups -OCH3 is 2. The Morgan fingerprint density at radius 1 is 1.14 bits per heavy atom. The third kappa shape index (κ3) is 3.39. The first-order valence-electron chi connectivity index (χ1n) is 9.19. The number of quaternary nitrogens is 1. The Labute approximate surface area is 162 Å². The largest absolute Gasteiger partial charge is 0.497 e. The van der Waals surface area contributed by atoms with E-state index in [1.54, 1.807) is 13.2 Å². The quantitative estimate of drug-likeness (QED) is 0.549. The van der Waals surface area contributed by atoms with Gasteiger partial charge in [-0.2, -0.15) is 0 Å². The molecule has 0 amide bonds. The lowest BCUT2D eigenvalue weighted by atomic mass is 9.93. The van der Waals surface area contributed by atoms with Crippen LogP contribution in [0.15, 0.2) is 57.7 Å². The van der Waals surface area contributed by atoms with Gasteiger partial charge in [0.15, 0.2) is 6.04 Å². The molecule has 1 aliphatic rings. The summed E-state index contributed by atoms with van der Waals surface area (Å²) in [5.41, 5.74) is 3.29. The van der Waals surface area contributed by atoms with Crippen molar-refractivity contribution < 1.29 is 23.6 Å². The van der Waals surface area contributed by atoms with Gasteiger partial charge in [0.2, 0.25) is 0 Å². The van der Waals surface area contributed by atoms with Gasteiger partial charge in [-0.1, -0.05) is 24.3 Å². The highest BCUT2D eigenvalue weighted by Crippen LogP contribution is 2.23. The van der Waals surface area contributed by atoms with Gasteiger partial charge in [-0.15, -0.1) is 0 Å². The SMILES string of the molecule is COC(=O)[C@@H]1Cc2ccccc2C[NH+]1Cc1cc(=O)oc2cc(OC)ccc12. The summed E-state index contributed by atoms with van der Waals surface area (Å²) in [7, 11) is 2.98. The van der Waals surface area contributed by atoms with Crippen LogP contribution in [0.2, 0.25) is 0 Å². The van der Waals surface area contributed by atoms with E-state index in [1.807, 2.05) is 24.3 Å². The zero-order chi connectivity index (χ0) is 19.7. The Balaban J connectivity index is 1.74. The second kappa shape index (κ2) is 7.48. The maximum Gasteiger partial charge on any atom is 0.365 e. The van der Waals surface area contributed by atoms with Crippen LogP contribution in [-0.4, -0.2) is 26.2 Å². The lowest BCUT2D eigenvalue weighted by Crippen LogP contribution is -3.15. The summed E-state index contributed by atoms with van der Waals surface area (Å²) < 4.78 is 15.6. The van der Waals surface area contributed by atoms with Crippen molar-refractivity contribution in [2.75, 3.05) is 14.2 Å². The molecule has 1 aromatic heterocycles. The van der Waals surface area contributed by atoms with Crippen LogP contribution in [0.1, 0.15) is 16.7 Å². The van der Waals surface area contributed by atoms with Gasteiger partial charge in [-0.05, 0) is 17.7 Å². The zero-order valence-corrected chi connectivity index (χ0v) is 15.9. The van der Waals surface area contributed by atoms with Crippen LogP contribution in [0, 0.1) is 0 Å². The molecule has 28 heavy (non-hydrogen) atoms. The first-order valence-corrected chi connectivity index (χ1v) is 9.19. The van der Waals surface area contributed by atoms with Crippen LogP contribution >= 0.6 is 0 Å². The molecule has 0 aliphatic carbocycles. The number of fused-ring (bicyclic) bond motifs is 2. The molecule has 2 aromatic carbocycles. The third-order valence-corrected chi connectivity index (χ3v) is 5.39. The maximum absolute atomic E-state index is 12.5. The number of ether oxygens (including phenoxy) is 2. The van der Waals surface area contributed by atoms with Crippen molar-refractivity contribution in [1.29, 1.82) is 0 Å². The van der Waals surface area contributed by atoms with Crippen LogP contribution in [-0.2, 0) is 29.0 Å². The summed E-state index contributed by atoms with van der Waals surface area (Å²) >= 11 is 0. The number of hydrogen-bond donors (Lipinski definition) is 1. The Kier molecular flexibility index (Phi) is 4.88. The van der Waals surface area contributed by atoms with Crippen LogP contribution < -0.4 is 15.3 Å². The van der Waals surface area contributed by atoms with E-state index in [1.165, 1.54) is 24.3 Å². The third-order valence-electron chi connectivity index (χ3n) is 5.39. The molecule has 0 spiro atoms. The van der Waals surface area contributed by atoms with Crippen LogP contribution in [0.25, 0.3) is 11.0 Å². The summed E-state index contributed by atoms with van der Waals surface area (Å²) in [6.07, 6.45) is 0.616. The monoisotopic (exact) mass is 380 g/mol. The van der Waals surface area contributed by atoms with E-state index in [-0.39, 0.29) is 12.0 Å². The summed E-state index contributed by atoms with van der Waals surface area (Å²) in [6.45, 7) is 1.20. The maximum atomic E-state index is 12.5. The summed E-state index contributed by atoms with van der Waals surface area (Å²) in [5.74, 6) is 0.387. The van der Waals surface area contributed by atoms with E-state index in [0.29, 0.717) is 30.8 Å². The van der Waals surface area contributed by atoms with Gasteiger partial charge in [-0.3, -0.25) is 0 Å². The van der Waals surface area contributed by atoms with Crippen molar-refractivity contribution in [3.05, 3.63) is 75.6 Å². The van der Waals surface area contributed by atoms with Crippen molar-refractivity contribution in [3.8, 4) is 5.75 Å². The number of benzene rings is 2. The Hall–Kier alpha value is -3.12. The fourth-order valence-electron chi connectivity index (χ4n) is 3.97. The number of carbonyl (C=O) groups is 1. The normalized spacial score (nSPS) is 18.5. The molecule has 3 aromatic rings. The van der Waals surface area contributed by atoms with Crippen molar-refractivity contribution in [2.45, 2.75) is 25.6 Å². The number of hydrogen-bond acceptors (Lipinski definition) is 5. The first-order chi connectivity index (χ1) is 13.6. The Morgan fingerprint density at radius 3 is 2.68 bits per heavy atom. The van der Waals surface area contributed by atoms with Gasteiger partial charge < -0.3 is 18.8 Å². The van der Waals surface area contributed by atoms with Crippen molar-refractivity contribution >= 4 is 16.9 Å². The van der Waals surface area contributed by atoms with E-state index in [9.17, 15) is 9.59 Å². The van der Waals surface area contributed by atoms with Gasteiger partial charge in [0.05, 0.1) is 14.2 Å². The lowest BCUT2D eigenvalue weighted by Gasteiger charge is -2.32. The van der Waals surface area contributed by atoms with E-state index in [0.717, 1.165) is 15.8 Å². The van der Waals surface area contributed by atoms with Gasteiger partial charge in [-0.25, -0.2) is 9.59 Å². The molecule has 2 atom stereocenters. The van der Waals surface area contributed by atoms with Gasteiger partial charge in [0, 0.05) is 35.1 Å². The molecular weight excluding hydrogens is 358 g/mol. The molecule has 0 saturated carbocycles. The van der Waals surface area contributed by atoms with Gasteiger partial charge in [0.25, 0.3) is 0 Å². The molecule has 4 rings (SSSR count). The minimum Gasteiger partial charge on any atom is -0.497 e. The number of rotatable bonds is 4. The van der Waals surface area contributed by atoms with Gasteiger partial charge in [0.1, 0.15) is 24.4 Å². The minimum atomic E-state index is -0.415. The Morgan fingerprint density at radius 2 is 1.93 bits per heavy atom. The molecule has 6 heteroatoms. The van der Waals surface area contributed by atoms with Crippen molar-refractivity contribution in [3.63, 3.8) is 0 Å². The average molecular weight is 380 g/mol. The van der Waals surface area contributed by atoms with Crippen molar-refractivity contribution in [1.82, 2.24) is 0 Å². The summed E-state index contributed by atoms with van der Waals surface area (Å²) in [5, 5.41) is 0.843. The van der Waals surface area contributed by atoms with E-state index in [4.69, 9.17) is 13.9 Å². The highest BCUT2D eigenvalue weighted by atomic mass is 16.5. The lowest BCUT2D eigenvalue weighted by molar-refractivity contribution is -0.945. The predicted molar refractivity (Wildman–Crippen MR) is 103 cm³/mol. The number of nitrogens with one attached hydrogen (secondary N) is 1. The van der Waals surface area contributed by atoms with E-state index in [2.05, 4.69) is 12.1 Å². The molecule has 0 bridgehead atoms. The van der Waals surface area contributed by atoms with E-state index < -0.39 is 5.63 Å². The van der Waals surface area contributed by atoms with Crippen molar-refractivity contribution in [2.24, 2.45) is 0 Å².